The van der Waals surface area contributed by atoms with Gasteiger partial charge in [0.1, 0.15) is 18.7 Å². The Bertz CT molecular complexity index is 494. The predicted molar refractivity (Wildman–Crippen MR) is 55.7 cm³/mol. The maximum atomic E-state index is 11.3. The van der Waals surface area contributed by atoms with Gasteiger partial charge >= 0.3 is 0 Å². The van der Waals surface area contributed by atoms with Crippen LogP contribution in [0.25, 0.3) is 0 Å². The molecule has 0 fully saturated rings. The van der Waals surface area contributed by atoms with Gasteiger partial charge in [-0.1, -0.05) is 5.16 Å². The molecule has 0 amide bonds. The molecule has 0 aliphatic heterocycles. The van der Waals surface area contributed by atoms with E-state index in [1.54, 1.807) is 13.8 Å². The summed E-state index contributed by atoms with van der Waals surface area (Å²) in [6.07, 6.45) is 0. The summed E-state index contributed by atoms with van der Waals surface area (Å²) in [5.74, 6) is 0. The van der Waals surface area contributed by atoms with Gasteiger partial charge in [-0.3, -0.25) is 4.79 Å². The highest BCUT2D eigenvalue weighted by molar-refractivity contribution is 5.99. The van der Waals surface area contributed by atoms with E-state index in [0.29, 0.717) is 17.0 Å². The Morgan fingerprint density at radius 2 is 2.33 bits per heavy atom. The first-order chi connectivity index (χ1) is 7.10. The lowest BCUT2D eigenvalue weighted by Crippen LogP contribution is -2.15. The van der Waals surface area contributed by atoms with E-state index in [2.05, 4.69) is 15.0 Å². The second-order valence-corrected chi connectivity index (χ2v) is 3.02. The number of pyridine rings is 1. The van der Waals surface area contributed by atoms with Crippen LogP contribution >= 0.6 is 0 Å². The van der Waals surface area contributed by atoms with Gasteiger partial charge in [0.15, 0.2) is 0 Å². The molecule has 0 unspecified atom stereocenters. The van der Waals surface area contributed by atoms with Crippen LogP contribution in [0.3, 0.4) is 0 Å². The highest BCUT2D eigenvalue weighted by Crippen LogP contribution is 2.06. The van der Waals surface area contributed by atoms with Crippen LogP contribution < -0.4 is 5.56 Å². The SMILES string of the molecule is CON=C(C)c1cc(C#N)c(=O)[nH]c1C. The standard InChI is InChI=1S/C10H11N3O2/c1-6-9(7(2)13-15-3)4-8(5-11)10(14)12-6/h4H,1-3H3,(H,12,14). The lowest BCUT2D eigenvalue weighted by molar-refractivity contribution is 0.213. The summed E-state index contributed by atoms with van der Waals surface area (Å²) in [6, 6.07) is 3.33. The Morgan fingerprint density at radius 3 is 2.87 bits per heavy atom. The van der Waals surface area contributed by atoms with E-state index >= 15 is 0 Å². The number of nitrogens with one attached hydrogen (secondary N) is 1. The fourth-order valence-electron chi connectivity index (χ4n) is 1.27. The van der Waals surface area contributed by atoms with Crippen molar-refractivity contribution in [2.75, 3.05) is 7.11 Å². The summed E-state index contributed by atoms with van der Waals surface area (Å²) in [4.78, 5) is 18.5. The van der Waals surface area contributed by atoms with Crippen molar-refractivity contribution in [3.63, 3.8) is 0 Å². The van der Waals surface area contributed by atoms with Gasteiger partial charge < -0.3 is 9.82 Å². The Balaban J connectivity index is 3.39. The molecule has 15 heavy (non-hydrogen) atoms. The molecule has 0 atom stereocenters. The molecule has 78 valence electrons. The molecule has 1 rings (SSSR count). The number of rotatable bonds is 2. The van der Waals surface area contributed by atoms with E-state index in [1.807, 2.05) is 6.07 Å². The van der Waals surface area contributed by atoms with Gasteiger partial charge in [0.25, 0.3) is 5.56 Å². The van der Waals surface area contributed by atoms with Crippen LogP contribution in [0.15, 0.2) is 16.0 Å². The van der Waals surface area contributed by atoms with Crippen molar-refractivity contribution in [2.45, 2.75) is 13.8 Å². The summed E-state index contributed by atoms with van der Waals surface area (Å²) in [6.45, 7) is 3.48. The molecule has 5 nitrogen and oxygen atoms in total. The van der Waals surface area contributed by atoms with Crippen LogP contribution in [-0.2, 0) is 4.84 Å². The fourth-order valence-corrected chi connectivity index (χ4v) is 1.27. The molecular formula is C10H11N3O2. The lowest BCUT2D eigenvalue weighted by Gasteiger charge is -2.04. The molecule has 0 radical (unpaired) electrons. The molecule has 1 N–H and O–H groups in total. The topological polar surface area (TPSA) is 78.2 Å². The summed E-state index contributed by atoms with van der Waals surface area (Å²) in [5.41, 5.74) is 1.67. The summed E-state index contributed by atoms with van der Waals surface area (Å²) in [5, 5.41) is 12.5. The van der Waals surface area contributed by atoms with Gasteiger partial charge in [0.05, 0.1) is 5.71 Å². The second kappa shape index (κ2) is 4.42. The molecule has 1 heterocycles. The van der Waals surface area contributed by atoms with E-state index in [1.165, 1.54) is 13.2 Å². The van der Waals surface area contributed by atoms with Gasteiger partial charge in [0.2, 0.25) is 0 Å². The van der Waals surface area contributed by atoms with E-state index < -0.39 is 0 Å². The monoisotopic (exact) mass is 205 g/mol. The van der Waals surface area contributed by atoms with Crippen LogP contribution in [0.1, 0.15) is 23.7 Å². The fraction of sp³-hybridized carbons (Fsp3) is 0.300. The largest absolute Gasteiger partial charge is 0.399 e. The number of oxime groups is 1. The third kappa shape index (κ3) is 2.23. The van der Waals surface area contributed by atoms with Crippen molar-refractivity contribution in [3.8, 4) is 6.07 Å². The smallest absolute Gasteiger partial charge is 0.266 e. The zero-order valence-corrected chi connectivity index (χ0v) is 8.79. The van der Waals surface area contributed by atoms with Crippen molar-refractivity contribution in [1.82, 2.24) is 4.98 Å². The molecule has 0 saturated carbocycles. The highest BCUT2D eigenvalue weighted by atomic mass is 16.6. The minimum absolute atomic E-state index is 0.0706. The Labute approximate surface area is 87.0 Å². The molecule has 5 heteroatoms. The lowest BCUT2D eigenvalue weighted by atomic mass is 10.1. The van der Waals surface area contributed by atoms with Crippen LogP contribution in [0.5, 0.6) is 0 Å². The molecule has 1 aromatic heterocycles. The van der Waals surface area contributed by atoms with Crippen LogP contribution in [0.4, 0.5) is 0 Å². The van der Waals surface area contributed by atoms with Gasteiger partial charge in [-0.15, -0.1) is 0 Å². The molecule has 0 aliphatic rings. The number of nitriles is 1. The first-order valence-electron chi connectivity index (χ1n) is 4.32. The quantitative estimate of drug-likeness (QED) is 0.576. The Hall–Kier alpha value is -2.09. The van der Waals surface area contributed by atoms with Gasteiger partial charge in [-0.05, 0) is 19.9 Å². The molecule has 0 aromatic carbocycles. The molecule has 0 bridgehead atoms. The van der Waals surface area contributed by atoms with Crippen molar-refractivity contribution in [2.24, 2.45) is 5.16 Å². The van der Waals surface area contributed by atoms with E-state index in [9.17, 15) is 4.79 Å². The third-order valence-electron chi connectivity index (χ3n) is 1.98. The number of hydrogen-bond acceptors (Lipinski definition) is 4. The van der Waals surface area contributed by atoms with Gasteiger partial charge in [-0.2, -0.15) is 5.26 Å². The number of nitrogens with zero attached hydrogens (tertiary/aromatic N) is 2. The average molecular weight is 205 g/mol. The minimum Gasteiger partial charge on any atom is -0.399 e. The molecule has 0 saturated heterocycles. The van der Waals surface area contributed by atoms with E-state index in [-0.39, 0.29) is 11.1 Å². The van der Waals surface area contributed by atoms with Crippen LogP contribution in [-0.4, -0.2) is 17.8 Å². The summed E-state index contributed by atoms with van der Waals surface area (Å²) >= 11 is 0. The predicted octanol–water partition coefficient (Wildman–Crippen LogP) is 0.925. The van der Waals surface area contributed by atoms with Crippen molar-refractivity contribution in [3.05, 3.63) is 33.2 Å². The Kier molecular flexibility index (Phi) is 3.24. The number of aromatic nitrogens is 1. The molecular weight excluding hydrogens is 194 g/mol. The summed E-state index contributed by atoms with van der Waals surface area (Å²) in [7, 11) is 1.44. The first kappa shape index (κ1) is 11.0. The highest BCUT2D eigenvalue weighted by Gasteiger charge is 2.07. The number of H-pyrrole nitrogens is 1. The maximum absolute atomic E-state index is 11.3. The van der Waals surface area contributed by atoms with E-state index in [0.717, 1.165) is 0 Å². The third-order valence-corrected chi connectivity index (χ3v) is 1.98. The number of hydrogen-bond donors (Lipinski definition) is 1. The van der Waals surface area contributed by atoms with Gasteiger partial charge in [0, 0.05) is 11.3 Å². The summed E-state index contributed by atoms with van der Waals surface area (Å²) < 4.78 is 0. The van der Waals surface area contributed by atoms with Crippen molar-refractivity contribution in [1.29, 1.82) is 5.26 Å². The molecule has 0 spiro atoms. The average Bonchev–Trinajstić information content (AvgIpc) is 2.18. The molecule has 0 aliphatic carbocycles. The maximum Gasteiger partial charge on any atom is 0.266 e. The Morgan fingerprint density at radius 1 is 1.67 bits per heavy atom. The van der Waals surface area contributed by atoms with Crippen LogP contribution in [0, 0.1) is 18.3 Å². The minimum atomic E-state index is -0.385. The zero-order valence-electron chi connectivity index (χ0n) is 8.79. The number of aryl methyl sites for hydroxylation is 1. The van der Waals surface area contributed by atoms with Gasteiger partial charge in [-0.25, -0.2) is 0 Å². The second-order valence-electron chi connectivity index (χ2n) is 3.02. The zero-order chi connectivity index (χ0) is 11.4. The number of aromatic amines is 1. The normalized spacial score (nSPS) is 10.9. The molecule has 1 aromatic rings. The van der Waals surface area contributed by atoms with Crippen LogP contribution in [0.2, 0.25) is 0 Å². The van der Waals surface area contributed by atoms with Crippen molar-refractivity contribution >= 4 is 5.71 Å². The van der Waals surface area contributed by atoms with Crippen molar-refractivity contribution < 1.29 is 4.84 Å². The van der Waals surface area contributed by atoms with E-state index in [4.69, 9.17) is 5.26 Å². The first-order valence-corrected chi connectivity index (χ1v) is 4.32.